The summed E-state index contributed by atoms with van der Waals surface area (Å²) >= 11 is 0. The second-order valence-corrected chi connectivity index (χ2v) is 7.69. The second kappa shape index (κ2) is 13.1. The molecule has 0 rings (SSSR count). The predicted octanol–water partition coefficient (Wildman–Crippen LogP) is 4.79. The van der Waals surface area contributed by atoms with Gasteiger partial charge >= 0.3 is 13.6 Å². The second-order valence-electron chi connectivity index (χ2n) is 5.59. The van der Waals surface area contributed by atoms with E-state index in [1.54, 1.807) is 6.92 Å². The van der Waals surface area contributed by atoms with Gasteiger partial charge in [-0.3, -0.25) is 9.36 Å². The summed E-state index contributed by atoms with van der Waals surface area (Å²) in [4.78, 5) is 11.9. The standard InChI is InChI=1S/C16H33O5P/c1-5-8-11-19-16(17)15(4)14-22(18,20-12-9-6-2)21-13-10-7-3/h15H,5-14H2,1-4H3. The molecule has 0 amide bonds. The zero-order valence-electron chi connectivity index (χ0n) is 14.6. The SMILES string of the molecule is CCCCOC(=O)C(C)CP(=O)(OCCCC)OCCCC. The molecule has 1 unspecified atom stereocenters. The third kappa shape index (κ3) is 10.4. The van der Waals surface area contributed by atoms with Crippen LogP contribution in [0.2, 0.25) is 0 Å². The highest BCUT2D eigenvalue weighted by molar-refractivity contribution is 7.53. The van der Waals surface area contributed by atoms with E-state index in [0.29, 0.717) is 19.8 Å². The van der Waals surface area contributed by atoms with Gasteiger partial charge in [0.15, 0.2) is 0 Å². The van der Waals surface area contributed by atoms with Gasteiger partial charge in [0, 0.05) is 0 Å². The highest BCUT2D eigenvalue weighted by atomic mass is 31.2. The fourth-order valence-corrected chi connectivity index (χ4v) is 3.63. The van der Waals surface area contributed by atoms with Crippen molar-refractivity contribution in [3.8, 4) is 0 Å². The maximum Gasteiger partial charge on any atom is 0.331 e. The quantitative estimate of drug-likeness (QED) is 0.259. The number of carbonyl (C=O) groups is 1. The Balaban J connectivity index is 4.45. The van der Waals surface area contributed by atoms with E-state index in [-0.39, 0.29) is 12.1 Å². The molecule has 0 fully saturated rings. The van der Waals surface area contributed by atoms with Gasteiger partial charge < -0.3 is 13.8 Å². The van der Waals surface area contributed by atoms with E-state index in [1.807, 2.05) is 20.8 Å². The molecule has 6 heteroatoms. The van der Waals surface area contributed by atoms with Crippen molar-refractivity contribution < 1.29 is 23.1 Å². The van der Waals surface area contributed by atoms with Gasteiger partial charge in [0.05, 0.1) is 31.9 Å². The molecule has 0 aromatic rings. The van der Waals surface area contributed by atoms with E-state index in [1.165, 1.54) is 0 Å². The predicted molar refractivity (Wildman–Crippen MR) is 89.2 cm³/mol. The molecule has 0 heterocycles. The molecule has 0 aliphatic rings. The van der Waals surface area contributed by atoms with Gasteiger partial charge in [-0.25, -0.2) is 0 Å². The van der Waals surface area contributed by atoms with Crippen LogP contribution >= 0.6 is 7.60 Å². The topological polar surface area (TPSA) is 61.8 Å². The van der Waals surface area contributed by atoms with Crippen molar-refractivity contribution in [2.45, 2.75) is 66.2 Å². The number of rotatable bonds is 14. The number of carbonyl (C=O) groups excluding carboxylic acids is 1. The first-order chi connectivity index (χ1) is 10.5. The van der Waals surface area contributed by atoms with Gasteiger partial charge in [0.2, 0.25) is 0 Å². The van der Waals surface area contributed by atoms with Gasteiger partial charge in [0.25, 0.3) is 0 Å². The van der Waals surface area contributed by atoms with E-state index < -0.39 is 13.5 Å². The van der Waals surface area contributed by atoms with Crippen molar-refractivity contribution in [2.24, 2.45) is 5.92 Å². The Morgan fingerprint density at radius 2 is 1.36 bits per heavy atom. The molecule has 0 aliphatic carbocycles. The maximum atomic E-state index is 12.8. The van der Waals surface area contributed by atoms with E-state index in [2.05, 4.69) is 0 Å². The van der Waals surface area contributed by atoms with Crippen molar-refractivity contribution in [1.82, 2.24) is 0 Å². The Morgan fingerprint density at radius 1 is 0.909 bits per heavy atom. The number of hydrogen-bond donors (Lipinski definition) is 0. The lowest BCUT2D eigenvalue weighted by Gasteiger charge is -2.21. The molecule has 0 saturated heterocycles. The summed E-state index contributed by atoms with van der Waals surface area (Å²) in [7, 11) is -3.23. The first kappa shape index (κ1) is 21.6. The molecule has 0 aromatic heterocycles. The van der Waals surface area contributed by atoms with Crippen LogP contribution in [-0.4, -0.2) is 32.0 Å². The smallest absolute Gasteiger partial charge is 0.331 e. The van der Waals surface area contributed by atoms with Crippen LogP contribution in [0, 0.1) is 5.92 Å². The highest BCUT2D eigenvalue weighted by Gasteiger charge is 2.31. The lowest BCUT2D eigenvalue weighted by Crippen LogP contribution is -2.20. The van der Waals surface area contributed by atoms with Crippen LogP contribution in [0.1, 0.15) is 66.2 Å². The minimum atomic E-state index is -3.23. The highest BCUT2D eigenvalue weighted by Crippen LogP contribution is 2.50. The number of unbranched alkanes of at least 4 members (excludes halogenated alkanes) is 3. The van der Waals surface area contributed by atoms with Crippen molar-refractivity contribution in [3.05, 3.63) is 0 Å². The van der Waals surface area contributed by atoms with Gasteiger partial charge in [0.1, 0.15) is 0 Å². The Labute approximate surface area is 135 Å². The summed E-state index contributed by atoms with van der Waals surface area (Å²) in [6.07, 6.45) is 5.49. The molecular weight excluding hydrogens is 303 g/mol. The minimum Gasteiger partial charge on any atom is -0.465 e. The number of esters is 1. The van der Waals surface area contributed by atoms with Crippen LogP contribution < -0.4 is 0 Å². The van der Waals surface area contributed by atoms with Crippen molar-refractivity contribution in [2.75, 3.05) is 26.0 Å². The maximum absolute atomic E-state index is 12.8. The molecule has 0 bridgehead atoms. The monoisotopic (exact) mass is 336 g/mol. The molecule has 0 saturated carbocycles. The molecule has 0 radical (unpaired) electrons. The Kier molecular flexibility index (Phi) is 12.9. The minimum absolute atomic E-state index is 0.0887. The molecular formula is C16H33O5P. The molecule has 132 valence electrons. The van der Waals surface area contributed by atoms with E-state index >= 15 is 0 Å². The molecule has 0 aromatic carbocycles. The van der Waals surface area contributed by atoms with Gasteiger partial charge in [-0.05, 0) is 19.3 Å². The molecule has 0 spiro atoms. The summed E-state index contributed by atoms with van der Waals surface area (Å²) in [6.45, 7) is 9.05. The lowest BCUT2D eigenvalue weighted by molar-refractivity contribution is -0.147. The average Bonchev–Trinajstić information content (AvgIpc) is 2.48. The summed E-state index contributed by atoms with van der Waals surface area (Å²) in [5.74, 6) is -0.808. The fourth-order valence-electron chi connectivity index (χ4n) is 1.71. The fraction of sp³-hybridized carbons (Fsp3) is 0.938. The average molecular weight is 336 g/mol. The van der Waals surface area contributed by atoms with Crippen molar-refractivity contribution >= 4 is 13.6 Å². The van der Waals surface area contributed by atoms with Gasteiger partial charge in [-0.1, -0.05) is 47.0 Å². The summed E-state index contributed by atoms with van der Waals surface area (Å²) in [5, 5.41) is 0. The Bertz CT molecular complexity index is 318. The van der Waals surface area contributed by atoms with Crippen molar-refractivity contribution in [1.29, 1.82) is 0 Å². The zero-order valence-corrected chi connectivity index (χ0v) is 15.5. The third-order valence-corrected chi connectivity index (χ3v) is 5.36. The van der Waals surface area contributed by atoms with Gasteiger partial charge in [-0.15, -0.1) is 0 Å². The number of ether oxygens (including phenoxy) is 1. The van der Waals surface area contributed by atoms with E-state index in [0.717, 1.165) is 38.5 Å². The van der Waals surface area contributed by atoms with Crippen LogP contribution in [0.15, 0.2) is 0 Å². The van der Waals surface area contributed by atoms with Crippen LogP contribution in [-0.2, 0) is 23.1 Å². The number of hydrogen-bond acceptors (Lipinski definition) is 5. The molecule has 22 heavy (non-hydrogen) atoms. The van der Waals surface area contributed by atoms with Crippen LogP contribution in [0.5, 0.6) is 0 Å². The largest absolute Gasteiger partial charge is 0.465 e. The first-order valence-electron chi connectivity index (χ1n) is 8.53. The summed E-state index contributed by atoms with van der Waals surface area (Å²) in [5.41, 5.74) is 0. The first-order valence-corrected chi connectivity index (χ1v) is 10.3. The molecule has 0 aliphatic heterocycles. The third-order valence-electron chi connectivity index (χ3n) is 3.21. The molecule has 0 N–H and O–H groups in total. The normalized spacial score (nSPS) is 13.1. The Hall–Kier alpha value is -0.380. The molecule has 1 atom stereocenters. The van der Waals surface area contributed by atoms with E-state index in [9.17, 15) is 9.36 Å². The van der Waals surface area contributed by atoms with Crippen LogP contribution in [0.3, 0.4) is 0 Å². The Morgan fingerprint density at radius 3 is 1.82 bits per heavy atom. The van der Waals surface area contributed by atoms with Crippen LogP contribution in [0.25, 0.3) is 0 Å². The van der Waals surface area contributed by atoms with Crippen molar-refractivity contribution in [3.63, 3.8) is 0 Å². The zero-order chi connectivity index (χ0) is 16.8. The summed E-state index contributed by atoms with van der Waals surface area (Å²) in [6, 6.07) is 0. The van der Waals surface area contributed by atoms with Gasteiger partial charge in [-0.2, -0.15) is 0 Å². The lowest BCUT2D eigenvalue weighted by atomic mass is 10.2. The van der Waals surface area contributed by atoms with Crippen LogP contribution in [0.4, 0.5) is 0 Å². The summed E-state index contributed by atoms with van der Waals surface area (Å²) < 4.78 is 28.9. The molecule has 5 nitrogen and oxygen atoms in total. The van der Waals surface area contributed by atoms with E-state index in [4.69, 9.17) is 13.8 Å².